The maximum atomic E-state index is 13.1. The largest absolute Gasteiger partial charge is 0.491 e. The number of pyridine rings is 1. The van der Waals surface area contributed by atoms with Gasteiger partial charge in [0.25, 0.3) is 5.91 Å². The number of aromatic nitrogens is 1. The molecule has 1 atom stereocenters. The lowest BCUT2D eigenvalue weighted by Gasteiger charge is -2.34. The van der Waals surface area contributed by atoms with E-state index < -0.39 is 0 Å². The molecule has 2 aliphatic heterocycles. The van der Waals surface area contributed by atoms with E-state index in [2.05, 4.69) is 0 Å². The summed E-state index contributed by atoms with van der Waals surface area (Å²) >= 11 is 0. The van der Waals surface area contributed by atoms with Gasteiger partial charge in [-0.05, 0) is 30.5 Å². The lowest BCUT2D eigenvalue weighted by Crippen LogP contribution is -2.43. The molecule has 0 N–H and O–H groups in total. The standard InChI is InChI=1S/C18H17FN2O3/c1-24-17-15(22)8-13-6-7-14-10-20(18(23)16(17)21(13)14)9-11-2-4-12(19)5-3-11/h2-5,8,14H,6-7,9-10H2,1H3. The van der Waals surface area contributed by atoms with Crippen LogP contribution in [0.15, 0.2) is 35.1 Å². The molecule has 0 saturated heterocycles. The monoisotopic (exact) mass is 328 g/mol. The molecule has 1 amide bonds. The number of carbonyl (C=O) groups is 1. The summed E-state index contributed by atoms with van der Waals surface area (Å²) in [6, 6.07) is 7.85. The van der Waals surface area contributed by atoms with Crippen molar-refractivity contribution in [2.24, 2.45) is 0 Å². The first-order valence-corrected chi connectivity index (χ1v) is 7.94. The minimum absolute atomic E-state index is 0.111. The summed E-state index contributed by atoms with van der Waals surface area (Å²) in [5.74, 6) is -0.407. The molecule has 1 unspecified atom stereocenters. The Morgan fingerprint density at radius 3 is 2.71 bits per heavy atom. The van der Waals surface area contributed by atoms with E-state index in [0.717, 1.165) is 24.1 Å². The predicted molar refractivity (Wildman–Crippen MR) is 85.8 cm³/mol. The van der Waals surface area contributed by atoms with Gasteiger partial charge in [0.05, 0.1) is 13.2 Å². The van der Waals surface area contributed by atoms with Crippen molar-refractivity contribution >= 4 is 5.91 Å². The van der Waals surface area contributed by atoms with Crippen molar-refractivity contribution in [3.8, 4) is 5.75 Å². The highest BCUT2D eigenvalue weighted by Gasteiger charge is 2.38. The Labute approximate surface area is 138 Å². The molecule has 0 bridgehead atoms. The highest BCUT2D eigenvalue weighted by molar-refractivity contribution is 5.96. The molecule has 0 radical (unpaired) electrons. The van der Waals surface area contributed by atoms with Gasteiger partial charge in [0.1, 0.15) is 5.82 Å². The van der Waals surface area contributed by atoms with Gasteiger partial charge in [0, 0.05) is 24.8 Å². The number of amides is 1. The van der Waals surface area contributed by atoms with E-state index in [1.165, 1.54) is 19.2 Å². The van der Waals surface area contributed by atoms with Gasteiger partial charge >= 0.3 is 0 Å². The number of rotatable bonds is 3. The van der Waals surface area contributed by atoms with E-state index in [4.69, 9.17) is 4.74 Å². The quantitative estimate of drug-likeness (QED) is 0.867. The van der Waals surface area contributed by atoms with Crippen molar-refractivity contribution < 1.29 is 13.9 Å². The van der Waals surface area contributed by atoms with Crippen LogP contribution in [0.3, 0.4) is 0 Å². The smallest absolute Gasteiger partial charge is 0.274 e. The SMILES string of the molecule is COc1c2n3c(cc1=O)CCC3CN(Cc1ccc(F)cc1)C2=O. The summed E-state index contributed by atoms with van der Waals surface area (Å²) in [5, 5.41) is 0. The molecule has 6 heteroatoms. The fourth-order valence-electron chi connectivity index (χ4n) is 3.71. The number of halogens is 1. The highest BCUT2D eigenvalue weighted by Crippen LogP contribution is 2.35. The Morgan fingerprint density at radius 1 is 1.25 bits per heavy atom. The summed E-state index contributed by atoms with van der Waals surface area (Å²) in [7, 11) is 1.41. The summed E-state index contributed by atoms with van der Waals surface area (Å²) < 4.78 is 20.3. The molecule has 2 aliphatic rings. The van der Waals surface area contributed by atoms with Crippen molar-refractivity contribution in [2.75, 3.05) is 13.7 Å². The number of benzene rings is 1. The van der Waals surface area contributed by atoms with Gasteiger partial charge in [-0.1, -0.05) is 12.1 Å². The third-order valence-corrected chi connectivity index (χ3v) is 4.80. The van der Waals surface area contributed by atoms with Crippen LogP contribution in [0.5, 0.6) is 5.75 Å². The molecule has 3 heterocycles. The molecule has 0 fully saturated rings. The van der Waals surface area contributed by atoms with Gasteiger partial charge in [0.15, 0.2) is 11.4 Å². The Balaban J connectivity index is 1.75. The van der Waals surface area contributed by atoms with Crippen molar-refractivity contribution in [1.29, 1.82) is 0 Å². The molecule has 24 heavy (non-hydrogen) atoms. The van der Waals surface area contributed by atoms with Crippen LogP contribution < -0.4 is 10.2 Å². The van der Waals surface area contributed by atoms with Crippen LogP contribution in [0.25, 0.3) is 0 Å². The molecule has 0 aliphatic carbocycles. The Bertz CT molecular complexity index is 873. The molecule has 2 aromatic rings. The molecular weight excluding hydrogens is 311 g/mol. The van der Waals surface area contributed by atoms with Crippen LogP contribution in [0.2, 0.25) is 0 Å². The Hall–Kier alpha value is -2.63. The number of aryl methyl sites for hydroxylation is 1. The zero-order valence-electron chi connectivity index (χ0n) is 13.3. The first-order chi connectivity index (χ1) is 11.6. The maximum absolute atomic E-state index is 13.1. The van der Waals surface area contributed by atoms with E-state index in [-0.39, 0.29) is 28.9 Å². The lowest BCUT2D eigenvalue weighted by molar-refractivity contribution is 0.0651. The highest BCUT2D eigenvalue weighted by atomic mass is 19.1. The topological polar surface area (TPSA) is 51.5 Å². The number of carbonyl (C=O) groups excluding carboxylic acids is 1. The first-order valence-electron chi connectivity index (χ1n) is 7.94. The third-order valence-electron chi connectivity index (χ3n) is 4.80. The van der Waals surface area contributed by atoms with Crippen molar-refractivity contribution in [1.82, 2.24) is 9.47 Å². The first kappa shape index (κ1) is 14.9. The van der Waals surface area contributed by atoms with Gasteiger partial charge in [-0.2, -0.15) is 0 Å². The number of ether oxygens (including phenoxy) is 1. The van der Waals surface area contributed by atoms with Crippen molar-refractivity contribution in [3.63, 3.8) is 0 Å². The average molecular weight is 328 g/mol. The predicted octanol–water partition coefficient (Wildman–Crippen LogP) is 2.14. The zero-order chi connectivity index (χ0) is 16.8. The van der Waals surface area contributed by atoms with E-state index >= 15 is 0 Å². The fourth-order valence-corrected chi connectivity index (χ4v) is 3.71. The summed E-state index contributed by atoms with van der Waals surface area (Å²) in [6.07, 6.45) is 1.68. The summed E-state index contributed by atoms with van der Waals surface area (Å²) in [5.41, 5.74) is 1.84. The van der Waals surface area contributed by atoms with Crippen LogP contribution >= 0.6 is 0 Å². The van der Waals surface area contributed by atoms with Crippen LogP contribution in [0.4, 0.5) is 4.39 Å². The van der Waals surface area contributed by atoms with Crippen LogP contribution in [-0.2, 0) is 13.0 Å². The van der Waals surface area contributed by atoms with E-state index in [9.17, 15) is 14.0 Å². The minimum Gasteiger partial charge on any atom is -0.491 e. The number of hydrogen-bond acceptors (Lipinski definition) is 3. The molecule has 124 valence electrons. The number of methoxy groups -OCH3 is 1. The van der Waals surface area contributed by atoms with Crippen LogP contribution in [-0.4, -0.2) is 29.0 Å². The lowest BCUT2D eigenvalue weighted by atomic mass is 10.1. The number of nitrogens with zero attached hydrogens (tertiary/aromatic N) is 2. The third kappa shape index (κ3) is 2.21. The van der Waals surface area contributed by atoms with Crippen molar-refractivity contribution in [3.05, 3.63) is 63.3 Å². The van der Waals surface area contributed by atoms with Crippen molar-refractivity contribution in [2.45, 2.75) is 25.4 Å². The van der Waals surface area contributed by atoms with E-state index in [1.54, 1.807) is 23.1 Å². The second-order valence-electron chi connectivity index (χ2n) is 6.26. The molecule has 5 nitrogen and oxygen atoms in total. The van der Waals surface area contributed by atoms with Gasteiger partial charge in [-0.3, -0.25) is 9.59 Å². The minimum atomic E-state index is -0.303. The van der Waals surface area contributed by atoms with Gasteiger partial charge in [-0.25, -0.2) is 4.39 Å². The molecule has 0 saturated carbocycles. The summed E-state index contributed by atoms with van der Waals surface area (Å²) in [6.45, 7) is 0.972. The molecule has 1 aromatic carbocycles. The van der Waals surface area contributed by atoms with Gasteiger partial charge in [0.2, 0.25) is 5.43 Å². The molecule has 4 rings (SSSR count). The van der Waals surface area contributed by atoms with E-state index in [0.29, 0.717) is 18.8 Å². The Morgan fingerprint density at radius 2 is 2.00 bits per heavy atom. The average Bonchev–Trinajstić information content (AvgIpc) is 2.96. The van der Waals surface area contributed by atoms with Gasteiger partial charge < -0.3 is 14.2 Å². The maximum Gasteiger partial charge on any atom is 0.274 e. The van der Waals surface area contributed by atoms with Gasteiger partial charge in [-0.15, -0.1) is 0 Å². The second-order valence-corrected chi connectivity index (χ2v) is 6.26. The normalized spacial score (nSPS) is 18.7. The molecular formula is C18H17FN2O3. The second kappa shape index (κ2) is 5.47. The molecule has 0 spiro atoms. The number of hydrogen-bond donors (Lipinski definition) is 0. The van der Waals surface area contributed by atoms with E-state index in [1.807, 2.05) is 4.57 Å². The van der Waals surface area contributed by atoms with Crippen LogP contribution in [0, 0.1) is 5.82 Å². The fraction of sp³-hybridized carbons (Fsp3) is 0.333. The molecule has 1 aromatic heterocycles. The zero-order valence-corrected chi connectivity index (χ0v) is 13.3. The van der Waals surface area contributed by atoms with Crippen LogP contribution in [0.1, 0.15) is 34.2 Å². The Kier molecular flexibility index (Phi) is 3.40. The summed E-state index contributed by atoms with van der Waals surface area (Å²) in [4.78, 5) is 26.9.